The van der Waals surface area contributed by atoms with E-state index in [0.717, 1.165) is 12.5 Å². The molecule has 0 radical (unpaired) electrons. The molecule has 2 atom stereocenters. The lowest BCUT2D eigenvalue weighted by molar-refractivity contribution is 0.0697. The van der Waals surface area contributed by atoms with E-state index in [-0.39, 0.29) is 23.1 Å². The Bertz CT molecular complexity index is 645. The van der Waals surface area contributed by atoms with E-state index in [9.17, 15) is 18.3 Å². The average molecular weight is 344 g/mol. The minimum atomic E-state index is -3.81. The van der Waals surface area contributed by atoms with Crippen LogP contribution in [0.4, 0.5) is 5.69 Å². The maximum absolute atomic E-state index is 12.3. The monoisotopic (exact) mass is 344 g/mol. The van der Waals surface area contributed by atoms with Crippen LogP contribution in [0, 0.1) is 0 Å². The molecular weight excluding hydrogens is 320 g/mol. The number of benzene rings is 1. The van der Waals surface area contributed by atoms with Crippen LogP contribution in [0.15, 0.2) is 23.1 Å². The van der Waals surface area contributed by atoms with Crippen LogP contribution in [0.2, 0.25) is 0 Å². The Hall–Kier alpha value is -1.64. The molecule has 1 rings (SSSR count). The van der Waals surface area contributed by atoms with Crippen LogP contribution in [0.25, 0.3) is 0 Å². The van der Waals surface area contributed by atoms with Gasteiger partial charge >= 0.3 is 5.97 Å². The number of carboxylic acids is 1. The fraction of sp³-hybridized carbons (Fsp3) is 0.533. The molecule has 0 aliphatic carbocycles. The van der Waals surface area contributed by atoms with Crippen LogP contribution >= 0.6 is 0 Å². The Morgan fingerprint density at radius 1 is 1.30 bits per heavy atom. The summed E-state index contributed by atoms with van der Waals surface area (Å²) in [5, 5.41) is 12.4. The summed E-state index contributed by atoms with van der Waals surface area (Å²) in [6.07, 6.45) is 0.815. The quantitative estimate of drug-likeness (QED) is 0.632. The van der Waals surface area contributed by atoms with Crippen LogP contribution in [0.3, 0.4) is 0 Å². The fourth-order valence-corrected chi connectivity index (χ4v) is 3.23. The van der Waals surface area contributed by atoms with Gasteiger partial charge in [-0.15, -0.1) is 0 Å². The number of anilines is 1. The van der Waals surface area contributed by atoms with E-state index in [4.69, 9.17) is 4.74 Å². The number of aromatic carboxylic acids is 1. The summed E-state index contributed by atoms with van der Waals surface area (Å²) in [7, 11) is -2.33. The Morgan fingerprint density at radius 2 is 1.96 bits per heavy atom. The molecule has 0 unspecified atom stereocenters. The molecule has 0 saturated carbocycles. The molecule has 8 heteroatoms. The van der Waals surface area contributed by atoms with Gasteiger partial charge in [0.05, 0.1) is 17.1 Å². The van der Waals surface area contributed by atoms with Crippen molar-refractivity contribution >= 4 is 21.7 Å². The zero-order valence-corrected chi connectivity index (χ0v) is 14.6. The van der Waals surface area contributed by atoms with Crippen molar-refractivity contribution in [3.8, 4) is 0 Å². The summed E-state index contributed by atoms with van der Waals surface area (Å²) in [6.45, 7) is 5.78. The van der Waals surface area contributed by atoms with Crippen molar-refractivity contribution < 1.29 is 23.1 Å². The minimum Gasteiger partial charge on any atom is -0.478 e. The lowest BCUT2D eigenvalue weighted by Gasteiger charge is -2.17. The Labute approximate surface area is 137 Å². The first-order valence-corrected chi connectivity index (χ1v) is 8.84. The molecule has 0 heterocycles. The predicted octanol–water partition coefficient (Wildman–Crippen LogP) is 1.91. The van der Waals surface area contributed by atoms with Gasteiger partial charge in [-0.25, -0.2) is 17.9 Å². The summed E-state index contributed by atoms with van der Waals surface area (Å²) in [5.41, 5.74) is 0.323. The van der Waals surface area contributed by atoms with Gasteiger partial charge in [0.2, 0.25) is 10.0 Å². The van der Waals surface area contributed by atoms with Gasteiger partial charge < -0.3 is 15.2 Å². The summed E-state index contributed by atoms with van der Waals surface area (Å²) >= 11 is 0. The van der Waals surface area contributed by atoms with E-state index < -0.39 is 22.0 Å². The molecule has 0 bridgehead atoms. The van der Waals surface area contributed by atoms with Crippen LogP contribution in [0.1, 0.15) is 37.6 Å². The topological polar surface area (TPSA) is 105 Å². The standard InChI is InChI=1S/C15H24N2O5S/c1-5-10(2)16-14-7-6-12(8-13(14)15(18)19)23(20,21)17-11(3)9-22-4/h6-8,10-11,16-17H,5,9H2,1-4H3,(H,18,19)/t10-,11+/m0/s1. The zero-order chi connectivity index (χ0) is 17.6. The highest BCUT2D eigenvalue weighted by atomic mass is 32.2. The van der Waals surface area contributed by atoms with Crippen LogP contribution in [-0.4, -0.2) is 45.3 Å². The van der Waals surface area contributed by atoms with Gasteiger partial charge in [0.15, 0.2) is 0 Å². The summed E-state index contributed by atoms with van der Waals surface area (Å²) in [4.78, 5) is 11.3. The summed E-state index contributed by atoms with van der Waals surface area (Å²) < 4.78 is 31.9. The summed E-state index contributed by atoms with van der Waals surface area (Å²) in [6, 6.07) is 3.69. The molecule has 0 fully saturated rings. The second kappa shape index (κ2) is 8.28. The third kappa shape index (κ3) is 5.49. The van der Waals surface area contributed by atoms with Gasteiger partial charge in [-0.05, 0) is 38.5 Å². The number of sulfonamides is 1. The third-order valence-electron chi connectivity index (χ3n) is 3.32. The highest BCUT2D eigenvalue weighted by Gasteiger charge is 2.21. The van der Waals surface area contributed by atoms with E-state index in [1.165, 1.54) is 19.2 Å². The highest BCUT2D eigenvalue weighted by molar-refractivity contribution is 7.89. The maximum atomic E-state index is 12.3. The lowest BCUT2D eigenvalue weighted by Crippen LogP contribution is -2.35. The Kier molecular flexibility index (Phi) is 6.99. The largest absolute Gasteiger partial charge is 0.478 e. The van der Waals surface area contributed by atoms with Gasteiger partial charge in [0.1, 0.15) is 0 Å². The molecule has 0 saturated heterocycles. The van der Waals surface area contributed by atoms with Crippen molar-refractivity contribution in [2.45, 2.75) is 44.2 Å². The fourth-order valence-electron chi connectivity index (χ4n) is 1.98. The zero-order valence-electron chi connectivity index (χ0n) is 13.8. The van der Waals surface area contributed by atoms with Crippen molar-refractivity contribution in [3.63, 3.8) is 0 Å². The normalized spacial score (nSPS) is 14.3. The molecule has 7 nitrogen and oxygen atoms in total. The van der Waals surface area contributed by atoms with Crippen molar-refractivity contribution in [3.05, 3.63) is 23.8 Å². The summed E-state index contributed by atoms with van der Waals surface area (Å²) in [5.74, 6) is -1.18. The van der Waals surface area contributed by atoms with Gasteiger partial charge in [0, 0.05) is 24.9 Å². The molecule has 23 heavy (non-hydrogen) atoms. The van der Waals surface area contributed by atoms with Crippen LogP contribution in [0.5, 0.6) is 0 Å². The molecule has 130 valence electrons. The number of methoxy groups -OCH3 is 1. The highest BCUT2D eigenvalue weighted by Crippen LogP contribution is 2.22. The van der Waals surface area contributed by atoms with Gasteiger partial charge in [-0.3, -0.25) is 0 Å². The van der Waals surface area contributed by atoms with Crippen molar-refractivity contribution in [2.75, 3.05) is 19.0 Å². The Morgan fingerprint density at radius 3 is 2.48 bits per heavy atom. The number of nitrogens with one attached hydrogen (secondary N) is 2. The van der Waals surface area contributed by atoms with Crippen molar-refractivity contribution in [1.82, 2.24) is 4.72 Å². The van der Waals surface area contributed by atoms with Gasteiger partial charge in [0.25, 0.3) is 0 Å². The molecule has 0 spiro atoms. The van der Waals surface area contributed by atoms with E-state index in [1.54, 1.807) is 6.92 Å². The predicted molar refractivity (Wildman–Crippen MR) is 88.4 cm³/mol. The first kappa shape index (κ1) is 19.4. The molecule has 3 N–H and O–H groups in total. The number of hydrogen-bond donors (Lipinski definition) is 3. The smallest absolute Gasteiger partial charge is 0.337 e. The second-order valence-electron chi connectivity index (χ2n) is 5.44. The lowest BCUT2D eigenvalue weighted by atomic mass is 10.1. The number of carboxylic acid groups (broad SMARTS) is 1. The van der Waals surface area contributed by atoms with E-state index in [2.05, 4.69) is 10.0 Å². The first-order valence-electron chi connectivity index (χ1n) is 7.36. The number of rotatable bonds is 9. The molecule has 0 aromatic heterocycles. The molecule has 1 aromatic rings. The second-order valence-corrected chi connectivity index (χ2v) is 7.16. The number of hydrogen-bond acceptors (Lipinski definition) is 5. The maximum Gasteiger partial charge on any atom is 0.337 e. The molecule has 1 aromatic carbocycles. The van der Waals surface area contributed by atoms with E-state index in [0.29, 0.717) is 5.69 Å². The molecule has 0 amide bonds. The minimum absolute atomic E-state index is 0.0763. The van der Waals surface area contributed by atoms with Gasteiger partial charge in [-0.2, -0.15) is 0 Å². The van der Waals surface area contributed by atoms with Crippen molar-refractivity contribution in [1.29, 1.82) is 0 Å². The van der Waals surface area contributed by atoms with Crippen LogP contribution < -0.4 is 10.0 Å². The molecule has 0 aliphatic rings. The third-order valence-corrected chi connectivity index (χ3v) is 4.91. The van der Waals surface area contributed by atoms with Crippen LogP contribution in [-0.2, 0) is 14.8 Å². The van der Waals surface area contributed by atoms with E-state index >= 15 is 0 Å². The molecular formula is C15H24N2O5S. The number of ether oxygens (including phenoxy) is 1. The first-order chi connectivity index (χ1) is 10.7. The van der Waals surface area contributed by atoms with E-state index in [1.807, 2.05) is 13.8 Å². The van der Waals surface area contributed by atoms with Crippen molar-refractivity contribution in [2.24, 2.45) is 0 Å². The molecule has 0 aliphatic heterocycles. The SMILES string of the molecule is CC[C@H](C)Nc1ccc(S(=O)(=O)N[C@H](C)COC)cc1C(=O)O. The average Bonchev–Trinajstić information content (AvgIpc) is 2.46. The van der Waals surface area contributed by atoms with Gasteiger partial charge in [-0.1, -0.05) is 6.92 Å². The Balaban J connectivity index is 3.14. The number of carbonyl (C=O) groups is 1.